The van der Waals surface area contributed by atoms with Gasteiger partial charge in [-0.1, -0.05) is 5.16 Å². The summed E-state index contributed by atoms with van der Waals surface area (Å²) in [5, 5.41) is 7.19. The Hall–Kier alpha value is -1.27. The molecule has 2 rings (SSSR count). The van der Waals surface area contributed by atoms with Gasteiger partial charge in [-0.25, -0.2) is 0 Å². The van der Waals surface area contributed by atoms with Gasteiger partial charge in [-0.3, -0.25) is 4.98 Å². The minimum absolute atomic E-state index is 0.0408. The van der Waals surface area contributed by atoms with Crippen LogP contribution in [-0.2, 0) is 6.54 Å². The van der Waals surface area contributed by atoms with E-state index in [2.05, 4.69) is 41.2 Å². The fraction of sp³-hybridized carbons (Fsp3) is 0.500. The van der Waals surface area contributed by atoms with Crippen molar-refractivity contribution in [2.24, 2.45) is 0 Å². The Balaban J connectivity index is 2.03. The summed E-state index contributed by atoms with van der Waals surface area (Å²) in [6, 6.07) is 0. The summed E-state index contributed by atoms with van der Waals surface area (Å²) < 4.78 is 5.14. The van der Waals surface area contributed by atoms with Crippen molar-refractivity contribution in [1.29, 1.82) is 0 Å². The number of aromatic nitrogens is 3. The third-order valence-corrected chi connectivity index (χ3v) is 2.66. The molecule has 0 atom stereocenters. The number of thiazole rings is 1. The van der Waals surface area contributed by atoms with Crippen molar-refractivity contribution in [3.63, 3.8) is 0 Å². The molecule has 16 heavy (non-hydrogen) atoms. The van der Waals surface area contributed by atoms with Crippen molar-refractivity contribution in [3.05, 3.63) is 17.6 Å². The maximum atomic E-state index is 5.14. The van der Waals surface area contributed by atoms with Gasteiger partial charge < -0.3 is 9.84 Å². The molecule has 0 radical (unpaired) electrons. The molecule has 0 aromatic carbocycles. The van der Waals surface area contributed by atoms with Gasteiger partial charge >= 0.3 is 0 Å². The topological polar surface area (TPSA) is 63.8 Å². The van der Waals surface area contributed by atoms with Crippen LogP contribution in [0.2, 0.25) is 0 Å². The quantitative estimate of drug-likeness (QED) is 0.887. The molecule has 0 saturated heterocycles. The summed E-state index contributed by atoms with van der Waals surface area (Å²) in [5.74, 6) is 1.20. The molecule has 5 nitrogen and oxygen atoms in total. The summed E-state index contributed by atoms with van der Waals surface area (Å²) >= 11 is 1.50. The van der Waals surface area contributed by atoms with Gasteiger partial charge in [0.1, 0.15) is 0 Å². The molecule has 6 heteroatoms. The van der Waals surface area contributed by atoms with Crippen LogP contribution in [0.25, 0.3) is 10.7 Å². The summed E-state index contributed by atoms with van der Waals surface area (Å²) in [5.41, 5.74) is 1.79. The molecule has 2 aromatic heterocycles. The minimum Gasteiger partial charge on any atom is -0.338 e. The van der Waals surface area contributed by atoms with Crippen LogP contribution in [0.5, 0.6) is 0 Å². The normalized spacial score (nSPS) is 11.9. The van der Waals surface area contributed by atoms with Gasteiger partial charge in [-0.05, 0) is 20.8 Å². The first-order valence-corrected chi connectivity index (χ1v) is 5.89. The van der Waals surface area contributed by atoms with E-state index in [0.29, 0.717) is 18.3 Å². The molecule has 0 spiro atoms. The lowest BCUT2D eigenvalue weighted by atomic mass is 10.1. The number of nitrogens with one attached hydrogen (secondary N) is 1. The Morgan fingerprint density at radius 2 is 2.25 bits per heavy atom. The first-order valence-electron chi connectivity index (χ1n) is 5.01. The van der Waals surface area contributed by atoms with Gasteiger partial charge in [0.15, 0.2) is 0 Å². The summed E-state index contributed by atoms with van der Waals surface area (Å²) in [6.07, 6.45) is 1.73. The van der Waals surface area contributed by atoms with E-state index in [0.717, 1.165) is 4.88 Å². The first kappa shape index (κ1) is 11.2. The molecule has 0 aliphatic heterocycles. The lowest BCUT2D eigenvalue weighted by molar-refractivity contribution is 0.336. The van der Waals surface area contributed by atoms with Crippen LogP contribution in [-0.4, -0.2) is 20.7 Å². The van der Waals surface area contributed by atoms with Gasteiger partial charge in [0.25, 0.3) is 0 Å². The fourth-order valence-corrected chi connectivity index (χ4v) is 1.64. The van der Waals surface area contributed by atoms with Gasteiger partial charge in [-0.2, -0.15) is 4.98 Å². The van der Waals surface area contributed by atoms with Crippen LogP contribution in [0.4, 0.5) is 0 Å². The predicted molar refractivity (Wildman–Crippen MR) is 62.0 cm³/mol. The highest BCUT2D eigenvalue weighted by Gasteiger charge is 2.13. The highest BCUT2D eigenvalue weighted by atomic mass is 32.1. The summed E-state index contributed by atoms with van der Waals surface area (Å²) in [6.45, 7) is 6.85. The van der Waals surface area contributed by atoms with E-state index in [9.17, 15) is 0 Å². The largest absolute Gasteiger partial charge is 0.338 e. The van der Waals surface area contributed by atoms with Crippen molar-refractivity contribution in [2.75, 3.05) is 0 Å². The monoisotopic (exact) mass is 238 g/mol. The Morgan fingerprint density at radius 3 is 2.88 bits per heavy atom. The smallest absolute Gasteiger partial charge is 0.240 e. The molecule has 0 amide bonds. The predicted octanol–water partition coefficient (Wildman–Crippen LogP) is 2.08. The number of nitrogens with zero attached hydrogens (tertiary/aromatic N) is 3. The lowest BCUT2D eigenvalue weighted by Gasteiger charge is -2.18. The van der Waals surface area contributed by atoms with Crippen molar-refractivity contribution in [2.45, 2.75) is 32.9 Å². The van der Waals surface area contributed by atoms with Crippen LogP contribution in [0.15, 0.2) is 16.2 Å². The van der Waals surface area contributed by atoms with E-state index in [1.807, 2.05) is 0 Å². The average Bonchev–Trinajstić information content (AvgIpc) is 2.84. The zero-order valence-corrected chi connectivity index (χ0v) is 10.3. The van der Waals surface area contributed by atoms with Gasteiger partial charge in [0.05, 0.1) is 16.9 Å². The van der Waals surface area contributed by atoms with Crippen LogP contribution >= 0.6 is 11.3 Å². The molecule has 0 saturated carbocycles. The van der Waals surface area contributed by atoms with Crippen LogP contribution in [0.3, 0.4) is 0 Å². The highest BCUT2D eigenvalue weighted by molar-refractivity contribution is 7.13. The molecule has 0 aliphatic carbocycles. The van der Waals surface area contributed by atoms with Gasteiger partial charge in [-0.15, -0.1) is 11.3 Å². The van der Waals surface area contributed by atoms with Crippen LogP contribution < -0.4 is 5.32 Å². The Morgan fingerprint density at radius 1 is 1.44 bits per heavy atom. The molecule has 86 valence electrons. The summed E-state index contributed by atoms with van der Waals surface area (Å²) in [7, 11) is 0. The summed E-state index contributed by atoms with van der Waals surface area (Å²) in [4.78, 5) is 9.18. The number of hydrogen-bond acceptors (Lipinski definition) is 6. The fourth-order valence-electron chi connectivity index (χ4n) is 1.09. The molecule has 0 aliphatic rings. The van der Waals surface area contributed by atoms with Gasteiger partial charge in [0.2, 0.25) is 11.7 Å². The molecule has 0 bridgehead atoms. The minimum atomic E-state index is 0.0408. The second-order valence-electron chi connectivity index (χ2n) is 4.48. The highest BCUT2D eigenvalue weighted by Crippen LogP contribution is 2.19. The second kappa shape index (κ2) is 4.31. The lowest BCUT2D eigenvalue weighted by Crippen LogP contribution is -2.35. The van der Waals surface area contributed by atoms with Crippen LogP contribution in [0.1, 0.15) is 26.7 Å². The zero-order valence-electron chi connectivity index (χ0n) is 9.52. The molecule has 2 aromatic rings. The number of hydrogen-bond donors (Lipinski definition) is 1. The van der Waals surface area contributed by atoms with E-state index in [-0.39, 0.29) is 5.54 Å². The van der Waals surface area contributed by atoms with E-state index in [1.165, 1.54) is 11.3 Å². The van der Waals surface area contributed by atoms with E-state index in [1.54, 1.807) is 11.7 Å². The average molecular weight is 238 g/mol. The van der Waals surface area contributed by atoms with Crippen molar-refractivity contribution < 1.29 is 4.52 Å². The first-order chi connectivity index (χ1) is 7.54. The third-order valence-electron chi connectivity index (χ3n) is 1.89. The standard InChI is InChI=1S/C10H14N4OS/c1-10(2,3)12-5-8-13-9(14-15-8)7-4-11-6-16-7/h4,6,12H,5H2,1-3H3. The maximum Gasteiger partial charge on any atom is 0.240 e. The second-order valence-corrected chi connectivity index (χ2v) is 5.37. The zero-order chi connectivity index (χ0) is 11.6. The Bertz CT molecular complexity index is 444. The van der Waals surface area contributed by atoms with E-state index in [4.69, 9.17) is 4.52 Å². The van der Waals surface area contributed by atoms with E-state index >= 15 is 0 Å². The molecular formula is C10H14N4OS. The Labute approximate surface area is 97.9 Å². The van der Waals surface area contributed by atoms with Crippen LogP contribution in [0, 0.1) is 0 Å². The molecule has 2 heterocycles. The molecule has 1 N–H and O–H groups in total. The van der Waals surface area contributed by atoms with Crippen molar-refractivity contribution in [3.8, 4) is 10.7 Å². The van der Waals surface area contributed by atoms with Crippen molar-refractivity contribution >= 4 is 11.3 Å². The maximum absolute atomic E-state index is 5.14. The molecular weight excluding hydrogens is 224 g/mol. The van der Waals surface area contributed by atoms with E-state index < -0.39 is 0 Å². The Kier molecular flexibility index (Phi) is 3.02. The van der Waals surface area contributed by atoms with Gasteiger partial charge in [0, 0.05) is 11.7 Å². The van der Waals surface area contributed by atoms with Crippen molar-refractivity contribution in [1.82, 2.24) is 20.4 Å². The SMILES string of the molecule is CC(C)(C)NCc1nc(-c2cncs2)no1. The molecule has 0 fully saturated rings. The molecule has 0 unspecified atom stereocenters. The number of rotatable bonds is 3. The third kappa shape index (κ3) is 2.86.